The standard InChI is InChI=1S/C21H12N6O6/c28-16(13-1-7-22-8-2-13)31-19-25-20(32-17(29)14-3-9-23-10-4-14)27-21(26-19)33-18(30)15-5-11-24-12-6-15/h1-12H. The Morgan fingerprint density at radius 2 is 0.697 bits per heavy atom. The monoisotopic (exact) mass is 444 g/mol. The highest BCUT2D eigenvalue weighted by atomic mass is 16.6. The summed E-state index contributed by atoms with van der Waals surface area (Å²) in [6, 6.07) is 6.83. The van der Waals surface area contributed by atoms with E-state index in [4.69, 9.17) is 14.2 Å². The molecule has 0 aromatic carbocycles. The third kappa shape index (κ3) is 5.52. The van der Waals surface area contributed by atoms with Crippen LogP contribution >= 0.6 is 0 Å². The first-order chi connectivity index (χ1) is 16.1. The zero-order chi connectivity index (χ0) is 23.0. The van der Waals surface area contributed by atoms with Gasteiger partial charge in [-0.3, -0.25) is 15.0 Å². The van der Waals surface area contributed by atoms with Crippen molar-refractivity contribution in [2.24, 2.45) is 0 Å². The van der Waals surface area contributed by atoms with Crippen LogP contribution < -0.4 is 14.2 Å². The van der Waals surface area contributed by atoms with Crippen LogP contribution in [0.15, 0.2) is 73.6 Å². The van der Waals surface area contributed by atoms with Crippen molar-refractivity contribution in [2.75, 3.05) is 0 Å². The average molecular weight is 444 g/mol. The minimum absolute atomic E-state index is 0.163. The smallest absolute Gasteiger partial charge is 0.346 e. The van der Waals surface area contributed by atoms with Crippen LogP contribution in [-0.2, 0) is 0 Å². The van der Waals surface area contributed by atoms with E-state index in [1.165, 1.54) is 73.6 Å². The van der Waals surface area contributed by atoms with Crippen molar-refractivity contribution in [3.63, 3.8) is 0 Å². The largest absolute Gasteiger partial charge is 0.387 e. The fourth-order valence-corrected chi connectivity index (χ4v) is 2.35. The molecule has 33 heavy (non-hydrogen) atoms. The lowest BCUT2D eigenvalue weighted by Crippen LogP contribution is -2.17. The molecule has 0 radical (unpaired) electrons. The van der Waals surface area contributed by atoms with E-state index in [9.17, 15) is 14.4 Å². The van der Waals surface area contributed by atoms with Crippen LogP contribution in [0, 0.1) is 0 Å². The Morgan fingerprint density at radius 3 is 0.939 bits per heavy atom. The van der Waals surface area contributed by atoms with Gasteiger partial charge < -0.3 is 14.2 Å². The summed E-state index contributed by atoms with van der Waals surface area (Å²) in [4.78, 5) is 59.9. The number of ether oxygens (including phenoxy) is 3. The molecule has 0 spiro atoms. The van der Waals surface area contributed by atoms with Gasteiger partial charge in [-0.15, -0.1) is 15.0 Å². The van der Waals surface area contributed by atoms with E-state index in [-0.39, 0.29) is 16.7 Å². The number of hydrogen-bond acceptors (Lipinski definition) is 12. The van der Waals surface area contributed by atoms with Crippen LogP contribution in [0.1, 0.15) is 31.1 Å². The molecular weight excluding hydrogens is 432 g/mol. The van der Waals surface area contributed by atoms with E-state index in [1.54, 1.807) is 0 Å². The molecule has 4 heterocycles. The molecule has 0 unspecified atom stereocenters. The summed E-state index contributed by atoms with van der Waals surface area (Å²) >= 11 is 0. The van der Waals surface area contributed by atoms with Crippen molar-refractivity contribution in [1.82, 2.24) is 29.9 Å². The van der Waals surface area contributed by atoms with Gasteiger partial charge >= 0.3 is 35.9 Å². The number of aromatic nitrogens is 6. The van der Waals surface area contributed by atoms with Gasteiger partial charge in [0.15, 0.2) is 0 Å². The predicted molar refractivity (Wildman–Crippen MR) is 107 cm³/mol. The van der Waals surface area contributed by atoms with Gasteiger partial charge in [0.1, 0.15) is 0 Å². The molecule has 4 aromatic heterocycles. The zero-order valence-corrected chi connectivity index (χ0v) is 16.6. The van der Waals surface area contributed by atoms with Gasteiger partial charge in [-0.05, 0) is 36.4 Å². The Balaban J connectivity index is 1.61. The van der Waals surface area contributed by atoms with Crippen molar-refractivity contribution in [3.8, 4) is 18.0 Å². The SMILES string of the molecule is O=C(Oc1nc(OC(=O)c2ccncc2)nc(OC(=O)c2ccncc2)n1)c1ccncc1. The summed E-state index contributed by atoms with van der Waals surface area (Å²) < 4.78 is 15.4. The number of rotatable bonds is 6. The lowest BCUT2D eigenvalue weighted by atomic mass is 10.3. The maximum Gasteiger partial charge on any atom is 0.346 e. The first kappa shape index (κ1) is 21.1. The lowest BCUT2D eigenvalue weighted by Gasteiger charge is -2.08. The molecule has 4 aromatic rings. The Hall–Kier alpha value is -5.13. The first-order valence-electron chi connectivity index (χ1n) is 9.21. The highest BCUT2D eigenvalue weighted by Crippen LogP contribution is 2.18. The lowest BCUT2D eigenvalue weighted by molar-refractivity contribution is 0.0690. The Labute approximate surface area is 185 Å². The molecule has 12 nitrogen and oxygen atoms in total. The van der Waals surface area contributed by atoms with Gasteiger partial charge in [0.2, 0.25) is 0 Å². The van der Waals surface area contributed by atoms with Crippen molar-refractivity contribution >= 4 is 17.9 Å². The second kappa shape index (κ2) is 9.78. The number of esters is 3. The van der Waals surface area contributed by atoms with Crippen LogP contribution in [0.4, 0.5) is 0 Å². The molecule has 0 bridgehead atoms. The molecule has 0 aliphatic carbocycles. The van der Waals surface area contributed by atoms with Gasteiger partial charge in [-0.2, -0.15) is 0 Å². The van der Waals surface area contributed by atoms with Crippen molar-refractivity contribution in [2.45, 2.75) is 0 Å². The topological polar surface area (TPSA) is 156 Å². The van der Waals surface area contributed by atoms with E-state index in [1.807, 2.05) is 0 Å². The van der Waals surface area contributed by atoms with Gasteiger partial charge in [0, 0.05) is 37.2 Å². The van der Waals surface area contributed by atoms with Crippen molar-refractivity contribution in [3.05, 3.63) is 90.3 Å². The summed E-state index contributed by atoms with van der Waals surface area (Å²) in [6.07, 6.45) is 8.38. The fourth-order valence-electron chi connectivity index (χ4n) is 2.35. The fraction of sp³-hybridized carbons (Fsp3) is 0. The third-order valence-corrected chi connectivity index (χ3v) is 3.87. The molecule has 0 saturated heterocycles. The van der Waals surface area contributed by atoms with E-state index >= 15 is 0 Å². The number of pyridine rings is 3. The quantitative estimate of drug-likeness (QED) is 0.397. The van der Waals surface area contributed by atoms with Crippen molar-refractivity contribution < 1.29 is 28.6 Å². The van der Waals surface area contributed by atoms with Crippen molar-refractivity contribution in [1.29, 1.82) is 0 Å². The van der Waals surface area contributed by atoms with E-state index in [0.29, 0.717) is 0 Å². The van der Waals surface area contributed by atoms with Crippen LogP contribution in [0.2, 0.25) is 0 Å². The molecule has 0 saturated carbocycles. The molecule has 0 aliphatic rings. The maximum atomic E-state index is 12.3. The predicted octanol–water partition coefficient (Wildman–Crippen LogP) is 1.71. The minimum Gasteiger partial charge on any atom is -0.387 e. The van der Waals surface area contributed by atoms with Crippen LogP contribution in [0.3, 0.4) is 0 Å². The average Bonchev–Trinajstić information content (AvgIpc) is 2.85. The van der Waals surface area contributed by atoms with Gasteiger partial charge in [0.25, 0.3) is 0 Å². The molecular formula is C21H12N6O6. The summed E-state index contributed by atoms with van der Waals surface area (Å²) in [6.45, 7) is 0. The molecule has 0 atom stereocenters. The van der Waals surface area contributed by atoms with Crippen LogP contribution in [0.25, 0.3) is 0 Å². The Bertz CT molecular complexity index is 1120. The van der Waals surface area contributed by atoms with E-state index in [0.717, 1.165) is 0 Å². The molecule has 0 fully saturated rings. The van der Waals surface area contributed by atoms with E-state index in [2.05, 4.69) is 29.9 Å². The number of carbonyl (C=O) groups excluding carboxylic acids is 3. The van der Waals surface area contributed by atoms with Gasteiger partial charge in [-0.1, -0.05) is 0 Å². The Kier molecular flexibility index (Phi) is 6.26. The van der Waals surface area contributed by atoms with Gasteiger partial charge in [0.05, 0.1) is 16.7 Å². The Morgan fingerprint density at radius 1 is 0.455 bits per heavy atom. The zero-order valence-electron chi connectivity index (χ0n) is 16.6. The second-order valence-electron chi connectivity index (χ2n) is 6.06. The third-order valence-electron chi connectivity index (χ3n) is 3.87. The molecule has 0 aliphatic heterocycles. The number of nitrogens with zero attached hydrogens (tertiary/aromatic N) is 6. The van der Waals surface area contributed by atoms with E-state index < -0.39 is 35.9 Å². The number of hydrogen-bond donors (Lipinski definition) is 0. The number of carbonyl (C=O) groups is 3. The second-order valence-corrected chi connectivity index (χ2v) is 6.06. The molecule has 0 amide bonds. The minimum atomic E-state index is -0.818. The highest BCUT2D eigenvalue weighted by Gasteiger charge is 2.20. The van der Waals surface area contributed by atoms with Gasteiger partial charge in [-0.25, -0.2) is 14.4 Å². The summed E-state index contributed by atoms with van der Waals surface area (Å²) in [5.74, 6) is -2.45. The normalized spacial score (nSPS) is 10.2. The molecule has 0 N–H and O–H groups in total. The summed E-state index contributed by atoms with van der Waals surface area (Å²) in [5.41, 5.74) is 0.489. The highest BCUT2D eigenvalue weighted by molar-refractivity contribution is 5.92. The van der Waals surface area contributed by atoms with Crippen LogP contribution in [-0.4, -0.2) is 47.8 Å². The first-order valence-corrected chi connectivity index (χ1v) is 9.21. The maximum absolute atomic E-state index is 12.3. The summed E-state index contributed by atoms with van der Waals surface area (Å²) in [7, 11) is 0. The van der Waals surface area contributed by atoms with Crippen LogP contribution in [0.5, 0.6) is 18.0 Å². The summed E-state index contributed by atoms with van der Waals surface area (Å²) in [5, 5.41) is 0. The molecule has 4 rings (SSSR count). The molecule has 12 heteroatoms. The molecule has 162 valence electrons.